The Morgan fingerprint density at radius 3 is 0.887 bits per heavy atom. The van der Waals surface area contributed by atoms with Crippen LogP contribution in [0.2, 0.25) is 0 Å². The summed E-state index contributed by atoms with van der Waals surface area (Å²) in [7, 11) is 0. The molecule has 0 aromatic carbocycles. The van der Waals surface area contributed by atoms with Crippen LogP contribution in [0.1, 0.15) is 226 Å². The summed E-state index contributed by atoms with van der Waals surface area (Å²) >= 11 is 0. The van der Waals surface area contributed by atoms with E-state index in [1.54, 1.807) is 0 Å². The second kappa shape index (κ2) is 57.9. The fraction of sp³-hybridized carbons (Fsp3) is 0.585. The molecule has 6 heteroatoms. The monoisotopic (exact) mass is 979 g/mol. The fourth-order valence-electron chi connectivity index (χ4n) is 7.01. The van der Waals surface area contributed by atoms with Gasteiger partial charge in [-0.15, -0.1) is 0 Å². The van der Waals surface area contributed by atoms with Crippen molar-refractivity contribution in [2.45, 2.75) is 232 Å². The van der Waals surface area contributed by atoms with Gasteiger partial charge in [0.25, 0.3) is 0 Å². The van der Waals surface area contributed by atoms with Crippen LogP contribution in [0.25, 0.3) is 0 Å². The number of unbranched alkanes of at least 4 members (excludes halogenated alkanes) is 14. The van der Waals surface area contributed by atoms with Crippen LogP contribution >= 0.6 is 0 Å². The first-order valence-electron chi connectivity index (χ1n) is 28.3. The van der Waals surface area contributed by atoms with Gasteiger partial charge in [0.15, 0.2) is 6.10 Å². The highest BCUT2D eigenvalue weighted by molar-refractivity contribution is 5.71. The predicted octanol–water partition coefficient (Wildman–Crippen LogP) is 19.2. The first kappa shape index (κ1) is 66.3. The van der Waals surface area contributed by atoms with E-state index in [1.165, 1.54) is 77.0 Å². The van der Waals surface area contributed by atoms with Gasteiger partial charge in [0.2, 0.25) is 0 Å². The summed E-state index contributed by atoms with van der Waals surface area (Å²) in [6.45, 7) is 6.41. The lowest BCUT2D eigenvalue weighted by molar-refractivity contribution is -0.166. The maximum atomic E-state index is 12.8. The van der Waals surface area contributed by atoms with Gasteiger partial charge in [0.05, 0.1) is 0 Å². The number of carbonyl (C=O) groups is 3. The molecule has 0 radical (unpaired) electrons. The second-order valence-electron chi connectivity index (χ2n) is 18.1. The highest BCUT2D eigenvalue weighted by Crippen LogP contribution is 2.10. The van der Waals surface area contributed by atoms with Crippen molar-refractivity contribution in [3.63, 3.8) is 0 Å². The van der Waals surface area contributed by atoms with Gasteiger partial charge < -0.3 is 14.2 Å². The smallest absolute Gasteiger partial charge is 0.306 e. The van der Waals surface area contributed by atoms with Crippen molar-refractivity contribution in [2.75, 3.05) is 13.2 Å². The van der Waals surface area contributed by atoms with Crippen LogP contribution in [0.3, 0.4) is 0 Å². The van der Waals surface area contributed by atoms with Crippen LogP contribution < -0.4 is 0 Å². The van der Waals surface area contributed by atoms with Crippen LogP contribution in [-0.2, 0) is 28.6 Å². The number of esters is 3. The van der Waals surface area contributed by atoms with E-state index in [4.69, 9.17) is 14.2 Å². The molecule has 0 saturated heterocycles. The average molecular weight is 980 g/mol. The van der Waals surface area contributed by atoms with Gasteiger partial charge in [-0.25, -0.2) is 0 Å². The van der Waals surface area contributed by atoms with Gasteiger partial charge in [-0.2, -0.15) is 0 Å². The summed E-state index contributed by atoms with van der Waals surface area (Å²) < 4.78 is 16.7. The van der Waals surface area contributed by atoms with E-state index in [2.05, 4.69) is 154 Å². The molecule has 71 heavy (non-hydrogen) atoms. The van der Waals surface area contributed by atoms with Gasteiger partial charge in [0, 0.05) is 19.3 Å². The lowest BCUT2D eigenvalue weighted by Crippen LogP contribution is -2.30. The van der Waals surface area contributed by atoms with Crippen LogP contribution in [0, 0.1) is 0 Å². The van der Waals surface area contributed by atoms with Crippen LogP contribution in [0.4, 0.5) is 0 Å². The standard InChI is InChI=1S/C65H102O6/c1-4-7-10-13-16-19-22-25-28-31-32-35-38-41-44-47-50-53-56-59-65(68)71-62(60-69-63(66)57-54-51-48-45-42-39-36-33-29-26-23-20-17-14-11-8-5-2)61-70-64(67)58-55-52-49-46-43-40-37-34-30-27-24-21-18-15-12-9-6-3/h16-21,25-30,32,35-37,39-41,44-45,48,50,53,62H,4-15,22-24,31,33-34,38,42-43,46-47,49,51-52,54-61H2,1-3H3/b19-16-,20-17-,21-18-,28-25-,29-26-,30-27-,35-32-,39-36-,40-37-,44-41-,48-45-,53-50-/t62-/m1/s1. The Balaban J connectivity index is 4.66. The molecule has 0 unspecified atom stereocenters. The van der Waals surface area contributed by atoms with Crippen molar-refractivity contribution in [3.8, 4) is 0 Å². The maximum absolute atomic E-state index is 12.8. The van der Waals surface area contributed by atoms with Gasteiger partial charge >= 0.3 is 17.9 Å². The molecule has 0 saturated carbocycles. The zero-order valence-corrected chi connectivity index (χ0v) is 45.4. The van der Waals surface area contributed by atoms with E-state index in [-0.39, 0.29) is 38.0 Å². The Morgan fingerprint density at radius 2 is 0.549 bits per heavy atom. The minimum absolute atomic E-state index is 0.142. The molecule has 0 aromatic rings. The van der Waals surface area contributed by atoms with Crippen molar-refractivity contribution in [2.24, 2.45) is 0 Å². The van der Waals surface area contributed by atoms with E-state index in [0.29, 0.717) is 19.3 Å². The Bertz CT molecular complexity index is 1590. The molecule has 0 aromatic heterocycles. The Labute approximate surface area is 436 Å². The highest BCUT2D eigenvalue weighted by atomic mass is 16.6. The van der Waals surface area contributed by atoms with Crippen molar-refractivity contribution in [1.82, 2.24) is 0 Å². The lowest BCUT2D eigenvalue weighted by atomic mass is 10.1. The molecule has 0 aliphatic heterocycles. The Hall–Kier alpha value is -4.71. The molecule has 0 bridgehead atoms. The first-order valence-corrected chi connectivity index (χ1v) is 28.3. The van der Waals surface area contributed by atoms with Gasteiger partial charge in [-0.1, -0.05) is 218 Å². The second-order valence-corrected chi connectivity index (χ2v) is 18.1. The molecule has 0 N–H and O–H groups in total. The minimum atomic E-state index is -0.856. The van der Waals surface area contributed by atoms with Crippen LogP contribution in [-0.4, -0.2) is 37.2 Å². The van der Waals surface area contributed by atoms with Gasteiger partial charge in [-0.3, -0.25) is 14.4 Å². The van der Waals surface area contributed by atoms with Gasteiger partial charge in [0.1, 0.15) is 13.2 Å². The zero-order valence-electron chi connectivity index (χ0n) is 45.4. The first-order chi connectivity index (χ1) is 35.0. The summed E-state index contributed by atoms with van der Waals surface area (Å²) in [4.78, 5) is 38.1. The van der Waals surface area contributed by atoms with Crippen molar-refractivity contribution >= 4 is 17.9 Å². The number of hydrogen-bond acceptors (Lipinski definition) is 6. The topological polar surface area (TPSA) is 78.9 Å². The molecule has 398 valence electrons. The molecule has 1 atom stereocenters. The quantitative estimate of drug-likeness (QED) is 0.0262. The third-order valence-corrected chi connectivity index (χ3v) is 11.3. The predicted molar refractivity (Wildman–Crippen MR) is 306 cm³/mol. The highest BCUT2D eigenvalue weighted by Gasteiger charge is 2.19. The number of rotatable bonds is 49. The molecule has 0 aliphatic rings. The summed E-state index contributed by atoms with van der Waals surface area (Å²) in [6.07, 6.45) is 82.7. The molecule has 0 fully saturated rings. The molecule has 0 heterocycles. The van der Waals surface area contributed by atoms with Gasteiger partial charge in [-0.05, 0) is 135 Å². The summed E-state index contributed by atoms with van der Waals surface area (Å²) in [5.41, 5.74) is 0. The molecule has 0 rings (SSSR count). The van der Waals surface area contributed by atoms with E-state index in [9.17, 15) is 14.4 Å². The normalized spacial score (nSPS) is 13.2. The molecule has 0 spiro atoms. The average Bonchev–Trinajstić information content (AvgIpc) is 3.37. The Morgan fingerprint density at radius 1 is 0.282 bits per heavy atom. The summed E-state index contributed by atoms with van der Waals surface area (Å²) in [5.74, 6) is -1.11. The van der Waals surface area contributed by atoms with E-state index in [0.717, 1.165) is 96.3 Å². The molecular weight excluding hydrogens is 877 g/mol. The largest absolute Gasteiger partial charge is 0.462 e. The maximum Gasteiger partial charge on any atom is 0.306 e. The van der Waals surface area contributed by atoms with Crippen molar-refractivity contribution in [1.29, 1.82) is 0 Å². The van der Waals surface area contributed by atoms with E-state index in [1.807, 2.05) is 12.2 Å². The van der Waals surface area contributed by atoms with E-state index >= 15 is 0 Å². The third kappa shape index (κ3) is 56.1. The van der Waals surface area contributed by atoms with Crippen LogP contribution in [0.15, 0.2) is 146 Å². The lowest BCUT2D eigenvalue weighted by Gasteiger charge is -2.18. The SMILES string of the molecule is CCCCC/C=C\C/C=C\C/C=C\C/C=C\C/C=C\CCC(=O)O[C@H](COC(=O)CCC/C=C\C/C=C\C/C=C\C/C=C\CCCCC)COC(=O)CCCCCC/C=C\C/C=C\C/C=C\CCCCC. The zero-order chi connectivity index (χ0) is 51.4. The molecular formula is C65H102O6. The third-order valence-electron chi connectivity index (χ3n) is 11.3. The number of hydrogen-bond donors (Lipinski definition) is 0. The molecule has 6 nitrogen and oxygen atoms in total. The number of allylic oxidation sites excluding steroid dienone is 24. The number of ether oxygens (including phenoxy) is 3. The van der Waals surface area contributed by atoms with Crippen molar-refractivity contribution in [3.05, 3.63) is 146 Å². The fourth-order valence-corrected chi connectivity index (χ4v) is 7.01. The van der Waals surface area contributed by atoms with Crippen LogP contribution in [0.5, 0.6) is 0 Å². The summed E-state index contributed by atoms with van der Waals surface area (Å²) in [5, 5.41) is 0. The molecule has 0 aliphatic carbocycles. The number of carbonyl (C=O) groups excluding carboxylic acids is 3. The minimum Gasteiger partial charge on any atom is -0.462 e. The summed E-state index contributed by atoms with van der Waals surface area (Å²) in [6, 6.07) is 0. The van der Waals surface area contributed by atoms with Crippen molar-refractivity contribution < 1.29 is 28.6 Å². The Kier molecular flexibility index (Phi) is 54.0. The van der Waals surface area contributed by atoms with E-state index < -0.39 is 12.1 Å². The molecule has 0 amide bonds.